The van der Waals surface area contributed by atoms with Gasteiger partial charge in [-0.2, -0.15) is 0 Å². The molecule has 7 heteroatoms. The zero-order valence-electron chi connectivity index (χ0n) is 13.5. The zero-order valence-corrected chi connectivity index (χ0v) is 14.4. The Morgan fingerprint density at radius 3 is 2.57 bits per heavy atom. The third-order valence-corrected chi connectivity index (χ3v) is 6.08. The number of carbonyl (C=O) groups is 1. The normalized spacial score (nSPS) is 16.0. The molecule has 0 N–H and O–H groups in total. The molecule has 3 rings (SSSR count). The van der Waals surface area contributed by atoms with Gasteiger partial charge in [0.2, 0.25) is 0 Å². The van der Waals surface area contributed by atoms with Gasteiger partial charge >= 0.3 is 5.69 Å². The predicted molar refractivity (Wildman–Crippen MR) is 89.8 cm³/mol. The third kappa shape index (κ3) is 2.30. The summed E-state index contributed by atoms with van der Waals surface area (Å²) in [6, 6.07) is 0. The van der Waals surface area contributed by atoms with Crippen molar-refractivity contribution in [3.63, 3.8) is 0 Å². The fourth-order valence-electron chi connectivity index (χ4n) is 3.15. The number of thiophene rings is 1. The molecule has 1 aliphatic rings. The zero-order chi connectivity index (χ0) is 16.8. The smallest absolute Gasteiger partial charge is 0.332 e. The van der Waals surface area contributed by atoms with Crippen molar-refractivity contribution in [3.8, 4) is 0 Å². The molecule has 0 aromatic carbocycles. The van der Waals surface area contributed by atoms with Crippen molar-refractivity contribution in [1.82, 2.24) is 9.13 Å². The molecule has 0 bridgehead atoms. The van der Waals surface area contributed by atoms with E-state index in [4.69, 9.17) is 4.74 Å². The van der Waals surface area contributed by atoms with Crippen LogP contribution in [0.25, 0.3) is 10.2 Å². The van der Waals surface area contributed by atoms with Gasteiger partial charge in [0.1, 0.15) is 4.83 Å². The summed E-state index contributed by atoms with van der Waals surface area (Å²) >= 11 is 1.20. The molecule has 0 unspecified atom stereocenters. The second kappa shape index (κ2) is 5.72. The molecule has 0 radical (unpaired) electrons. The number of hydrogen-bond donors (Lipinski definition) is 0. The second-order valence-corrected chi connectivity index (χ2v) is 7.07. The molecule has 1 fully saturated rings. The quantitative estimate of drug-likeness (QED) is 0.755. The van der Waals surface area contributed by atoms with Crippen LogP contribution in [-0.4, -0.2) is 29.1 Å². The van der Waals surface area contributed by atoms with Gasteiger partial charge in [0.25, 0.3) is 5.56 Å². The lowest BCUT2D eigenvalue weighted by Crippen LogP contribution is -2.45. The number of nitrogens with zero attached hydrogens (tertiary/aromatic N) is 2. The molecule has 1 saturated carbocycles. The summed E-state index contributed by atoms with van der Waals surface area (Å²) in [7, 11) is 1.57. The van der Waals surface area contributed by atoms with E-state index in [9.17, 15) is 14.4 Å². The second-order valence-electron chi connectivity index (χ2n) is 6.03. The summed E-state index contributed by atoms with van der Waals surface area (Å²) in [5, 5.41) is 0.493. The van der Waals surface area contributed by atoms with Crippen LogP contribution in [0, 0.1) is 6.92 Å². The summed E-state index contributed by atoms with van der Waals surface area (Å²) in [6.45, 7) is 4.51. The first-order valence-corrected chi connectivity index (χ1v) is 8.56. The van der Waals surface area contributed by atoms with Gasteiger partial charge in [-0.25, -0.2) is 4.79 Å². The largest absolute Gasteiger partial charge is 0.383 e. The monoisotopic (exact) mass is 336 g/mol. The Morgan fingerprint density at radius 1 is 1.35 bits per heavy atom. The Kier molecular flexibility index (Phi) is 4.01. The Labute approximate surface area is 137 Å². The Hall–Kier alpha value is -1.73. The summed E-state index contributed by atoms with van der Waals surface area (Å²) in [5.41, 5.74) is -0.248. The fourth-order valence-corrected chi connectivity index (χ4v) is 4.29. The molecule has 0 atom stereocenters. The molecule has 0 amide bonds. The number of fused-ring (bicyclic) bond motifs is 1. The summed E-state index contributed by atoms with van der Waals surface area (Å²) in [5.74, 6) is 0. The summed E-state index contributed by atoms with van der Waals surface area (Å²) in [4.78, 5) is 38.3. The van der Waals surface area contributed by atoms with Crippen LogP contribution in [0.1, 0.15) is 41.4 Å². The van der Waals surface area contributed by atoms with Crippen molar-refractivity contribution in [2.24, 2.45) is 0 Å². The maximum atomic E-state index is 13.0. The van der Waals surface area contributed by atoms with Crippen LogP contribution in [0.4, 0.5) is 0 Å². The van der Waals surface area contributed by atoms with Gasteiger partial charge in [0.05, 0.1) is 29.0 Å². The van der Waals surface area contributed by atoms with Gasteiger partial charge in [-0.1, -0.05) is 6.92 Å². The van der Waals surface area contributed by atoms with E-state index in [-0.39, 0.29) is 16.8 Å². The molecule has 6 nitrogen and oxygen atoms in total. The number of aromatic nitrogens is 2. The van der Waals surface area contributed by atoms with Gasteiger partial charge < -0.3 is 4.74 Å². The van der Waals surface area contributed by atoms with Crippen molar-refractivity contribution in [1.29, 1.82) is 0 Å². The Morgan fingerprint density at radius 2 is 2.04 bits per heavy atom. The molecule has 2 heterocycles. The SMILES string of the molecule is CCC1(n2c(=O)c3c(C)c(C=O)sc3n(CCOC)c2=O)CC1. The van der Waals surface area contributed by atoms with Crippen LogP contribution in [0.3, 0.4) is 0 Å². The van der Waals surface area contributed by atoms with E-state index in [1.165, 1.54) is 15.9 Å². The minimum atomic E-state index is -0.354. The minimum Gasteiger partial charge on any atom is -0.383 e. The number of aryl methyl sites for hydroxylation is 1. The van der Waals surface area contributed by atoms with Crippen LogP contribution in [0.15, 0.2) is 9.59 Å². The number of aldehydes is 1. The van der Waals surface area contributed by atoms with Crippen molar-refractivity contribution in [3.05, 3.63) is 31.3 Å². The van der Waals surface area contributed by atoms with Crippen molar-refractivity contribution in [2.45, 2.75) is 45.2 Å². The number of methoxy groups -OCH3 is 1. The molecular weight excluding hydrogens is 316 g/mol. The van der Waals surface area contributed by atoms with Crippen LogP contribution >= 0.6 is 11.3 Å². The van der Waals surface area contributed by atoms with E-state index in [1.54, 1.807) is 18.6 Å². The highest BCUT2D eigenvalue weighted by Crippen LogP contribution is 2.45. The maximum Gasteiger partial charge on any atom is 0.332 e. The van der Waals surface area contributed by atoms with Gasteiger partial charge in [-0.15, -0.1) is 11.3 Å². The van der Waals surface area contributed by atoms with Gasteiger partial charge in [-0.3, -0.25) is 18.7 Å². The van der Waals surface area contributed by atoms with Crippen LogP contribution in [-0.2, 0) is 16.8 Å². The number of carbonyl (C=O) groups excluding carboxylic acids is 1. The number of ether oxygens (including phenoxy) is 1. The molecule has 2 aromatic rings. The highest BCUT2D eigenvalue weighted by atomic mass is 32.1. The van der Waals surface area contributed by atoms with Gasteiger partial charge in [0, 0.05) is 7.11 Å². The molecule has 0 aliphatic heterocycles. The van der Waals surface area contributed by atoms with Gasteiger partial charge in [-0.05, 0) is 31.7 Å². The van der Waals surface area contributed by atoms with Crippen LogP contribution in [0.5, 0.6) is 0 Å². The van der Waals surface area contributed by atoms with Gasteiger partial charge in [0.15, 0.2) is 6.29 Å². The van der Waals surface area contributed by atoms with E-state index in [2.05, 4.69) is 0 Å². The molecule has 124 valence electrons. The summed E-state index contributed by atoms with van der Waals surface area (Å²) in [6.07, 6.45) is 3.19. The Balaban J connectivity index is 2.41. The highest BCUT2D eigenvalue weighted by Gasteiger charge is 2.45. The molecule has 0 spiro atoms. The van der Waals surface area contributed by atoms with E-state index in [0.29, 0.717) is 33.8 Å². The molecule has 2 aromatic heterocycles. The number of rotatable bonds is 6. The first-order chi connectivity index (χ1) is 11.0. The highest BCUT2D eigenvalue weighted by molar-refractivity contribution is 7.20. The lowest BCUT2D eigenvalue weighted by molar-refractivity contribution is 0.112. The standard InChI is InChI=1S/C16H20N2O4S/c1-4-16(5-6-16)18-13(20)12-10(2)11(9-19)23-14(12)17(15(18)21)7-8-22-3/h9H,4-8H2,1-3H3. The average molecular weight is 336 g/mol. The van der Waals surface area contributed by atoms with E-state index >= 15 is 0 Å². The van der Waals surface area contributed by atoms with Crippen molar-refractivity contribution in [2.75, 3.05) is 13.7 Å². The predicted octanol–water partition coefficient (Wildman–Crippen LogP) is 1.89. The van der Waals surface area contributed by atoms with E-state index in [1.807, 2.05) is 6.92 Å². The fraction of sp³-hybridized carbons (Fsp3) is 0.562. The van der Waals surface area contributed by atoms with E-state index < -0.39 is 0 Å². The molecular formula is C16H20N2O4S. The lowest BCUT2D eigenvalue weighted by atomic mass is 10.1. The van der Waals surface area contributed by atoms with E-state index in [0.717, 1.165) is 25.5 Å². The third-order valence-electron chi connectivity index (χ3n) is 4.84. The molecule has 1 aliphatic carbocycles. The Bertz CT molecular complexity index is 886. The van der Waals surface area contributed by atoms with Crippen LogP contribution in [0.2, 0.25) is 0 Å². The first-order valence-electron chi connectivity index (χ1n) is 7.74. The molecule has 0 saturated heterocycles. The van der Waals surface area contributed by atoms with Crippen molar-refractivity contribution >= 4 is 27.8 Å². The maximum absolute atomic E-state index is 13.0. The first kappa shape index (κ1) is 16.1. The summed E-state index contributed by atoms with van der Waals surface area (Å²) < 4.78 is 8.10. The number of hydrogen-bond acceptors (Lipinski definition) is 5. The minimum absolute atomic E-state index is 0.264. The average Bonchev–Trinajstić information content (AvgIpc) is 3.25. The lowest BCUT2D eigenvalue weighted by Gasteiger charge is -2.18. The van der Waals surface area contributed by atoms with Crippen molar-refractivity contribution < 1.29 is 9.53 Å². The van der Waals surface area contributed by atoms with Crippen LogP contribution < -0.4 is 11.2 Å². The topological polar surface area (TPSA) is 70.3 Å². The molecule has 23 heavy (non-hydrogen) atoms.